The molecule has 2 heteroatoms. The second-order valence-electron chi connectivity index (χ2n) is 6.99. The highest BCUT2D eigenvalue weighted by molar-refractivity contribution is 5.08. The van der Waals surface area contributed by atoms with Crippen LogP contribution in [0.4, 0.5) is 0 Å². The quantitative estimate of drug-likeness (QED) is 0.806. The fourth-order valence-electron chi connectivity index (χ4n) is 3.72. The van der Waals surface area contributed by atoms with Crippen molar-refractivity contribution in [2.75, 3.05) is 13.1 Å². The zero-order chi connectivity index (χ0) is 13.4. The smallest absolute Gasteiger partial charge is 0.0309 e. The Kier molecular flexibility index (Phi) is 4.08. The van der Waals surface area contributed by atoms with Crippen LogP contribution < -0.4 is 5.32 Å². The molecule has 2 rings (SSSR count). The fourth-order valence-corrected chi connectivity index (χ4v) is 3.72. The highest BCUT2D eigenvalue weighted by atomic mass is 15.3. The number of hydrogen-bond acceptors (Lipinski definition) is 2. The first kappa shape index (κ1) is 14.3. The average molecular weight is 252 g/mol. The van der Waals surface area contributed by atoms with Gasteiger partial charge in [0.2, 0.25) is 0 Å². The lowest BCUT2D eigenvalue weighted by Crippen LogP contribution is -2.70. The molecule has 0 amide bonds. The second kappa shape index (κ2) is 5.13. The van der Waals surface area contributed by atoms with Crippen molar-refractivity contribution in [2.24, 2.45) is 5.92 Å². The van der Waals surface area contributed by atoms with Gasteiger partial charge in [0.25, 0.3) is 0 Å². The van der Waals surface area contributed by atoms with Crippen LogP contribution in [0.3, 0.4) is 0 Å². The molecular formula is C16H32N2. The Morgan fingerprint density at radius 2 is 1.78 bits per heavy atom. The van der Waals surface area contributed by atoms with Crippen molar-refractivity contribution >= 4 is 0 Å². The highest BCUT2D eigenvalue weighted by Gasteiger charge is 2.49. The predicted octanol–water partition coefficient (Wildman–Crippen LogP) is 3.42. The number of nitrogens with one attached hydrogen (secondary N) is 1. The van der Waals surface area contributed by atoms with Gasteiger partial charge in [-0.15, -0.1) is 0 Å². The van der Waals surface area contributed by atoms with Crippen molar-refractivity contribution in [1.82, 2.24) is 10.2 Å². The molecule has 1 aliphatic carbocycles. The Hall–Kier alpha value is -0.0800. The van der Waals surface area contributed by atoms with Crippen molar-refractivity contribution in [1.29, 1.82) is 0 Å². The first-order valence-corrected chi connectivity index (χ1v) is 8.01. The summed E-state index contributed by atoms with van der Waals surface area (Å²) in [6, 6.07) is 0.759. The summed E-state index contributed by atoms with van der Waals surface area (Å²) >= 11 is 0. The van der Waals surface area contributed by atoms with Crippen molar-refractivity contribution in [3.05, 3.63) is 0 Å². The van der Waals surface area contributed by atoms with E-state index in [-0.39, 0.29) is 0 Å². The maximum absolute atomic E-state index is 3.89. The Bertz CT molecular complexity index is 283. The predicted molar refractivity (Wildman–Crippen MR) is 78.9 cm³/mol. The molecule has 1 heterocycles. The molecule has 1 saturated carbocycles. The SMILES string of the molecule is CCC(CC)N1CC(C)(C2CC2)NCC1(C)CC. The minimum absolute atomic E-state index is 0.352. The van der Waals surface area contributed by atoms with Gasteiger partial charge in [-0.3, -0.25) is 4.90 Å². The van der Waals surface area contributed by atoms with Crippen LogP contribution in [0, 0.1) is 5.92 Å². The molecule has 1 N–H and O–H groups in total. The van der Waals surface area contributed by atoms with E-state index in [9.17, 15) is 0 Å². The van der Waals surface area contributed by atoms with Crippen molar-refractivity contribution in [2.45, 2.75) is 83.8 Å². The maximum atomic E-state index is 3.89. The molecule has 1 aliphatic heterocycles. The summed E-state index contributed by atoms with van der Waals surface area (Å²) in [6.07, 6.45) is 6.68. The third-order valence-electron chi connectivity index (χ3n) is 5.69. The van der Waals surface area contributed by atoms with Crippen LogP contribution in [0.5, 0.6) is 0 Å². The summed E-state index contributed by atoms with van der Waals surface area (Å²) in [4.78, 5) is 2.84. The number of hydrogen-bond donors (Lipinski definition) is 1. The molecule has 0 aromatic heterocycles. The standard InChI is InChI=1S/C16H32N2/c1-6-14(7-2)18-12-16(5,13-9-10-13)17-11-15(18,4)8-3/h13-14,17H,6-12H2,1-5H3. The molecule has 106 valence electrons. The van der Waals surface area contributed by atoms with Crippen molar-refractivity contribution < 1.29 is 0 Å². The van der Waals surface area contributed by atoms with Gasteiger partial charge in [-0.1, -0.05) is 20.8 Å². The summed E-state index contributed by atoms with van der Waals surface area (Å²) < 4.78 is 0. The van der Waals surface area contributed by atoms with E-state index in [1.165, 1.54) is 38.6 Å². The molecular weight excluding hydrogens is 220 g/mol. The second-order valence-corrected chi connectivity index (χ2v) is 6.99. The Morgan fingerprint density at radius 3 is 2.22 bits per heavy atom. The number of nitrogens with zero attached hydrogens (tertiary/aromatic N) is 1. The molecule has 0 spiro atoms. The van der Waals surface area contributed by atoms with Crippen LogP contribution in [0.25, 0.3) is 0 Å². The number of rotatable bonds is 5. The van der Waals surface area contributed by atoms with Gasteiger partial charge in [-0.05, 0) is 51.9 Å². The van der Waals surface area contributed by atoms with E-state index in [2.05, 4.69) is 44.8 Å². The molecule has 0 bridgehead atoms. The van der Waals surface area contributed by atoms with Gasteiger partial charge in [0.15, 0.2) is 0 Å². The van der Waals surface area contributed by atoms with Gasteiger partial charge in [-0.2, -0.15) is 0 Å². The van der Waals surface area contributed by atoms with Crippen LogP contribution in [0.1, 0.15) is 66.7 Å². The molecule has 1 saturated heterocycles. The van der Waals surface area contributed by atoms with Gasteiger partial charge in [0.05, 0.1) is 0 Å². The van der Waals surface area contributed by atoms with Crippen LogP contribution in [-0.2, 0) is 0 Å². The molecule has 2 nitrogen and oxygen atoms in total. The van der Waals surface area contributed by atoms with Crippen LogP contribution in [0.2, 0.25) is 0 Å². The fraction of sp³-hybridized carbons (Fsp3) is 1.00. The molecule has 0 aromatic carbocycles. The maximum Gasteiger partial charge on any atom is 0.0309 e. The Labute approximate surface area is 114 Å². The molecule has 2 fully saturated rings. The van der Waals surface area contributed by atoms with E-state index in [0.29, 0.717) is 11.1 Å². The van der Waals surface area contributed by atoms with E-state index >= 15 is 0 Å². The Balaban J connectivity index is 2.17. The molecule has 2 aliphatic rings. The zero-order valence-electron chi connectivity index (χ0n) is 13.1. The lowest BCUT2D eigenvalue weighted by molar-refractivity contribution is -0.0239. The van der Waals surface area contributed by atoms with Crippen LogP contribution >= 0.6 is 0 Å². The summed E-state index contributed by atoms with van der Waals surface area (Å²) in [6.45, 7) is 14.3. The summed E-state index contributed by atoms with van der Waals surface area (Å²) in [5.41, 5.74) is 0.725. The average Bonchev–Trinajstić information content (AvgIpc) is 3.20. The third kappa shape index (κ3) is 2.46. The van der Waals surface area contributed by atoms with Gasteiger partial charge >= 0.3 is 0 Å². The minimum atomic E-state index is 0.352. The van der Waals surface area contributed by atoms with Crippen molar-refractivity contribution in [3.8, 4) is 0 Å². The normalized spacial score (nSPS) is 38.3. The van der Waals surface area contributed by atoms with Gasteiger partial charge in [0, 0.05) is 30.2 Å². The van der Waals surface area contributed by atoms with Crippen molar-refractivity contribution in [3.63, 3.8) is 0 Å². The summed E-state index contributed by atoms with van der Waals surface area (Å²) in [5.74, 6) is 0.927. The van der Waals surface area contributed by atoms with Gasteiger partial charge < -0.3 is 5.32 Å². The largest absolute Gasteiger partial charge is 0.308 e. The first-order chi connectivity index (χ1) is 8.49. The van der Waals surface area contributed by atoms with E-state index < -0.39 is 0 Å². The molecule has 2 unspecified atom stereocenters. The van der Waals surface area contributed by atoms with E-state index in [4.69, 9.17) is 0 Å². The zero-order valence-corrected chi connectivity index (χ0v) is 13.1. The van der Waals surface area contributed by atoms with Crippen LogP contribution in [-0.4, -0.2) is 35.1 Å². The van der Waals surface area contributed by atoms with E-state index in [0.717, 1.165) is 18.5 Å². The molecule has 18 heavy (non-hydrogen) atoms. The minimum Gasteiger partial charge on any atom is -0.308 e. The lowest BCUT2D eigenvalue weighted by atomic mass is 9.82. The number of piperazine rings is 1. The topological polar surface area (TPSA) is 15.3 Å². The lowest BCUT2D eigenvalue weighted by Gasteiger charge is -2.55. The Morgan fingerprint density at radius 1 is 1.17 bits per heavy atom. The molecule has 2 atom stereocenters. The monoisotopic (exact) mass is 252 g/mol. The van der Waals surface area contributed by atoms with E-state index in [1.807, 2.05) is 0 Å². The van der Waals surface area contributed by atoms with Gasteiger partial charge in [-0.25, -0.2) is 0 Å². The summed E-state index contributed by atoms with van der Waals surface area (Å²) in [7, 11) is 0. The molecule has 0 aromatic rings. The highest BCUT2D eigenvalue weighted by Crippen LogP contribution is 2.43. The van der Waals surface area contributed by atoms with E-state index in [1.54, 1.807) is 0 Å². The summed E-state index contributed by atoms with van der Waals surface area (Å²) in [5, 5.41) is 3.89. The third-order valence-corrected chi connectivity index (χ3v) is 5.69. The first-order valence-electron chi connectivity index (χ1n) is 8.01. The van der Waals surface area contributed by atoms with Crippen LogP contribution in [0.15, 0.2) is 0 Å². The molecule has 0 radical (unpaired) electrons. The van der Waals surface area contributed by atoms with Gasteiger partial charge in [0.1, 0.15) is 0 Å².